The molecular weight excluding hydrogens is 174 g/mol. The van der Waals surface area contributed by atoms with E-state index in [9.17, 15) is 4.79 Å². The number of carbonyl (C=O) groups is 1. The second kappa shape index (κ2) is 6.86. The normalized spacial score (nSPS) is 27.2. The first kappa shape index (κ1) is 11.5. The molecule has 0 aromatic heterocycles. The molecule has 0 bridgehead atoms. The lowest BCUT2D eigenvalue weighted by Crippen LogP contribution is -2.32. The molecule has 2 nitrogen and oxygen atoms in total. The van der Waals surface area contributed by atoms with E-state index in [0.29, 0.717) is 6.04 Å². The lowest BCUT2D eigenvalue weighted by Gasteiger charge is -2.14. The maximum absolute atomic E-state index is 11.4. The molecule has 1 unspecified atom stereocenters. The van der Waals surface area contributed by atoms with Crippen molar-refractivity contribution in [3.63, 3.8) is 0 Å². The summed E-state index contributed by atoms with van der Waals surface area (Å²) in [6.07, 6.45) is 10.8. The highest BCUT2D eigenvalue weighted by Crippen LogP contribution is 2.12. The predicted molar refractivity (Wildman–Crippen MR) is 59.2 cm³/mol. The molecule has 0 spiro atoms. The minimum absolute atomic E-state index is 0.248. The molecule has 1 aliphatic heterocycles. The zero-order valence-corrected chi connectivity index (χ0v) is 9.35. The van der Waals surface area contributed by atoms with Crippen LogP contribution in [-0.4, -0.2) is 11.9 Å². The zero-order chi connectivity index (χ0) is 10.2. The van der Waals surface area contributed by atoms with E-state index in [1.807, 2.05) is 0 Å². The average Bonchev–Trinajstić information content (AvgIpc) is 2.13. The maximum atomic E-state index is 11.4. The van der Waals surface area contributed by atoms with E-state index in [-0.39, 0.29) is 5.91 Å². The lowest BCUT2D eigenvalue weighted by atomic mass is 10.0. The van der Waals surface area contributed by atoms with Gasteiger partial charge in [0, 0.05) is 12.5 Å². The molecule has 0 aliphatic carbocycles. The Morgan fingerprint density at radius 2 is 1.57 bits per heavy atom. The minimum atomic E-state index is 0.248. The van der Waals surface area contributed by atoms with Gasteiger partial charge in [0.1, 0.15) is 0 Å². The molecule has 1 atom stereocenters. The van der Waals surface area contributed by atoms with E-state index in [2.05, 4.69) is 12.2 Å². The summed E-state index contributed by atoms with van der Waals surface area (Å²) in [5.74, 6) is 0.248. The summed E-state index contributed by atoms with van der Waals surface area (Å²) >= 11 is 0. The van der Waals surface area contributed by atoms with Crippen LogP contribution < -0.4 is 5.32 Å². The summed E-state index contributed by atoms with van der Waals surface area (Å²) in [4.78, 5) is 11.4. The van der Waals surface area contributed by atoms with E-state index < -0.39 is 0 Å². The number of rotatable bonds is 0. The first-order chi connectivity index (χ1) is 6.79. The summed E-state index contributed by atoms with van der Waals surface area (Å²) < 4.78 is 0. The first-order valence-corrected chi connectivity index (χ1v) is 6.08. The summed E-state index contributed by atoms with van der Waals surface area (Å²) in [5, 5.41) is 3.06. The van der Waals surface area contributed by atoms with Gasteiger partial charge in [-0.25, -0.2) is 0 Å². The molecule has 0 aromatic carbocycles. The molecule has 1 N–H and O–H groups in total. The molecule has 1 heterocycles. The van der Waals surface area contributed by atoms with Gasteiger partial charge < -0.3 is 5.32 Å². The van der Waals surface area contributed by atoms with Gasteiger partial charge in [-0.15, -0.1) is 0 Å². The summed E-state index contributed by atoms with van der Waals surface area (Å²) in [6, 6.07) is 0.377. The van der Waals surface area contributed by atoms with Crippen LogP contribution in [0.4, 0.5) is 0 Å². The van der Waals surface area contributed by atoms with Gasteiger partial charge >= 0.3 is 0 Å². The Morgan fingerprint density at radius 1 is 1.00 bits per heavy atom. The predicted octanol–water partition coefficient (Wildman–Crippen LogP) is 3.02. The van der Waals surface area contributed by atoms with Crippen molar-refractivity contribution in [1.29, 1.82) is 0 Å². The van der Waals surface area contributed by atoms with Crippen LogP contribution in [0.1, 0.15) is 64.7 Å². The SMILES string of the molecule is CC1CCCCCCCCCC(=O)N1. The van der Waals surface area contributed by atoms with Crippen molar-refractivity contribution in [2.75, 3.05) is 0 Å². The Kier molecular flexibility index (Phi) is 5.65. The zero-order valence-electron chi connectivity index (χ0n) is 9.35. The number of amides is 1. The fraction of sp³-hybridized carbons (Fsp3) is 0.917. The van der Waals surface area contributed by atoms with E-state index in [4.69, 9.17) is 0 Å². The van der Waals surface area contributed by atoms with E-state index in [1.165, 1.54) is 38.5 Å². The molecule has 1 fully saturated rings. The number of nitrogens with one attached hydrogen (secondary N) is 1. The average molecular weight is 197 g/mol. The summed E-state index contributed by atoms with van der Waals surface area (Å²) in [6.45, 7) is 2.11. The fourth-order valence-electron chi connectivity index (χ4n) is 2.04. The second-order valence-corrected chi connectivity index (χ2v) is 4.48. The molecule has 82 valence electrons. The Bertz CT molecular complexity index is 168. The van der Waals surface area contributed by atoms with E-state index in [0.717, 1.165) is 19.3 Å². The second-order valence-electron chi connectivity index (χ2n) is 4.48. The number of hydrogen-bond acceptors (Lipinski definition) is 1. The third-order valence-corrected chi connectivity index (χ3v) is 2.95. The van der Waals surface area contributed by atoms with Crippen molar-refractivity contribution >= 4 is 5.91 Å². The highest BCUT2D eigenvalue weighted by Gasteiger charge is 2.07. The van der Waals surface area contributed by atoms with E-state index in [1.54, 1.807) is 0 Å². The smallest absolute Gasteiger partial charge is 0.220 e. The molecule has 1 rings (SSSR count). The van der Waals surface area contributed by atoms with Crippen LogP contribution in [0.15, 0.2) is 0 Å². The topological polar surface area (TPSA) is 29.1 Å². The van der Waals surface area contributed by atoms with Gasteiger partial charge in [0.15, 0.2) is 0 Å². The number of carbonyl (C=O) groups excluding carboxylic acids is 1. The maximum Gasteiger partial charge on any atom is 0.220 e. The Morgan fingerprint density at radius 3 is 2.29 bits per heavy atom. The van der Waals surface area contributed by atoms with Gasteiger partial charge in [-0.3, -0.25) is 4.79 Å². The van der Waals surface area contributed by atoms with Crippen LogP contribution in [-0.2, 0) is 4.79 Å². The van der Waals surface area contributed by atoms with Gasteiger partial charge in [0.2, 0.25) is 5.91 Å². The van der Waals surface area contributed by atoms with Crippen molar-refractivity contribution in [2.45, 2.75) is 70.8 Å². The molecule has 1 saturated heterocycles. The van der Waals surface area contributed by atoms with Crippen molar-refractivity contribution in [3.8, 4) is 0 Å². The molecule has 1 aliphatic rings. The molecular formula is C12H23NO. The van der Waals surface area contributed by atoms with Crippen LogP contribution >= 0.6 is 0 Å². The van der Waals surface area contributed by atoms with Crippen molar-refractivity contribution in [1.82, 2.24) is 5.32 Å². The largest absolute Gasteiger partial charge is 0.354 e. The van der Waals surface area contributed by atoms with Gasteiger partial charge in [0.05, 0.1) is 0 Å². The molecule has 0 saturated carbocycles. The summed E-state index contributed by atoms with van der Waals surface area (Å²) in [5.41, 5.74) is 0. The first-order valence-electron chi connectivity index (χ1n) is 6.08. The van der Waals surface area contributed by atoms with Gasteiger partial charge in [-0.2, -0.15) is 0 Å². The quantitative estimate of drug-likeness (QED) is 0.635. The highest BCUT2D eigenvalue weighted by molar-refractivity contribution is 5.76. The molecule has 2 heteroatoms. The lowest BCUT2D eigenvalue weighted by molar-refractivity contribution is -0.121. The molecule has 0 aromatic rings. The van der Waals surface area contributed by atoms with Crippen LogP contribution in [0.3, 0.4) is 0 Å². The van der Waals surface area contributed by atoms with Crippen molar-refractivity contribution in [3.05, 3.63) is 0 Å². The highest BCUT2D eigenvalue weighted by atomic mass is 16.1. The van der Waals surface area contributed by atoms with Crippen LogP contribution in [0.5, 0.6) is 0 Å². The van der Waals surface area contributed by atoms with Crippen molar-refractivity contribution < 1.29 is 4.79 Å². The molecule has 0 radical (unpaired) electrons. The van der Waals surface area contributed by atoms with Crippen molar-refractivity contribution in [2.24, 2.45) is 0 Å². The van der Waals surface area contributed by atoms with Gasteiger partial charge in [-0.05, 0) is 19.8 Å². The van der Waals surface area contributed by atoms with E-state index >= 15 is 0 Å². The standard InChI is InChI=1S/C12H23NO/c1-11-9-7-5-3-2-4-6-8-10-12(14)13-11/h11H,2-10H2,1H3,(H,13,14). The third-order valence-electron chi connectivity index (χ3n) is 2.95. The number of hydrogen-bond donors (Lipinski definition) is 1. The molecule has 1 amide bonds. The van der Waals surface area contributed by atoms with Crippen LogP contribution in [0, 0.1) is 0 Å². The van der Waals surface area contributed by atoms with Crippen LogP contribution in [0.2, 0.25) is 0 Å². The third kappa shape index (κ3) is 5.25. The summed E-state index contributed by atoms with van der Waals surface area (Å²) in [7, 11) is 0. The Hall–Kier alpha value is -0.530. The molecule has 14 heavy (non-hydrogen) atoms. The van der Waals surface area contributed by atoms with Gasteiger partial charge in [-0.1, -0.05) is 38.5 Å². The minimum Gasteiger partial charge on any atom is -0.354 e. The van der Waals surface area contributed by atoms with Crippen LogP contribution in [0.25, 0.3) is 0 Å². The van der Waals surface area contributed by atoms with Gasteiger partial charge in [0.25, 0.3) is 0 Å². The monoisotopic (exact) mass is 197 g/mol. The Balaban J connectivity index is 2.26. The Labute approximate surface area is 87.5 Å². The fourth-order valence-corrected chi connectivity index (χ4v) is 2.04.